The quantitative estimate of drug-likeness (QED) is 0.805. The van der Waals surface area contributed by atoms with Gasteiger partial charge in [-0.3, -0.25) is 9.59 Å². The third-order valence-corrected chi connectivity index (χ3v) is 3.62. The number of carbonyl (C=O) groups excluding carboxylic acids is 1. The first-order valence-corrected chi connectivity index (χ1v) is 7.17. The van der Waals surface area contributed by atoms with Gasteiger partial charge in [0.05, 0.1) is 6.42 Å². The van der Waals surface area contributed by atoms with Crippen LogP contribution in [0.15, 0.2) is 18.5 Å². The number of aliphatic carboxylic acids is 1. The van der Waals surface area contributed by atoms with E-state index >= 15 is 0 Å². The largest absolute Gasteiger partial charge is 0.481 e. The van der Waals surface area contributed by atoms with Crippen molar-refractivity contribution >= 4 is 17.8 Å². The molecule has 1 aromatic heterocycles. The summed E-state index contributed by atoms with van der Waals surface area (Å²) >= 11 is 0. The molecule has 2 atom stereocenters. The molecule has 2 N–H and O–H groups in total. The van der Waals surface area contributed by atoms with E-state index < -0.39 is 5.97 Å². The first-order valence-electron chi connectivity index (χ1n) is 7.17. The first-order chi connectivity index (χ1) is 10.1. The van der Waals surface area contributed by atoms with Gasteiger partial charge in [0.15, 0.2) is 0 Å². The molecule has 2 unspecified atom stereocenters. The normalized spacial score (nSPS) is 19.3. The molecular formula is C14H20N4O3. The lowest BCUT2D eigenvalue weighted by Gasteiger charge is -2.25. The monoisotopic (exact) mass is 292 g/mol. The molecule has 0 aliphatic carbocycles. The summed E-state index contributed by atoms with van der Waals surface area (Å²) in [4.78, 5) is 33.4. The minimum Gasteiger partial charge on any atom is -0.481 e. The number of hydrogen-bond donors (Lipinski definition) is 2. The van der Waals surface area contributed by atoms with Gasteiger partial charge in [-0.05, 0) is 25.3 Å². The van der Waals surface area contributed by atoms with Gasteiger partial charge < -0.3 is 15.3 Å². The summed E-state index contributed by atoms with van der Waals surface area (Å²) in [5, 5.41) is 11.7. The summed E-state index contributed by atoms with van der Waals surface area (Å²) in [6.45, 7) is 2.60. The molecule has 1 amide bonds. The number of aromatic nitrogens is 2. The van der Waals surface area contributed by atoms with Crippen molar-refractivity contribution in [1.29, 1.82) is 0 Å². The molecule has 1 aromatic rings. The van der Waals surface area contributed by atoms with Gasteiger partial charge in [-0.15, -0.1) is 0 Å². The lowest BCUT2D eigenvalue weighted by molar-refractivity contribution is -0.137. The molecule has 114 valence electrons. The van der Waals surface area contributed by atoms with Crippen molar-refractivity contribution in [3.8, 4) is 0 Å². The minimum atomic E-state index is -0.906. The molecular weight excluding hydrogens is 272 g/mol. The number of nitrogens with zero attached hydrogens (tertiary/aromatic N) is 3. The van der Waals surface area contributed by atoms with Crippen molar-refractivity contribution in [1.82, 2.24) is 15.3 Å². The summed E-state index contributed by atoms with van der Waals surface area (Å²) in [6, 6.07) is 1.07. The molecule has 2 heterocycles. The molecule has 0 spiro atoms. The zero-order chi connectivity index (χ0) is 15.2. The van der Waals surface area contributed by atoms with Gasteiger partial charge in [0, 0.05) is 25.0 Å². The van der Waals surface area contributed by atoms with E-state index in [1.807, 2.05) is 11.8 Å². The Labute approximate surface area is 123 Å². The van der Waals surface area contributed by atoms with Crippen LogP contribution in [-0.2, 0) is 9.59 Å². The maximum Gasteiger partial charge on any atom is 0.305 e. The number of carboxylic acids is 1. The van der Waals surface area contributed by atoms with Crippen molar-refractivity contribution < 1.29 is 14.7 Å². The Hall–Kier alpha value is -2.18. The molecule has 2 rings (SSSR count). The van der Waals surface area contributed by atoms with Crippen LogP contribution in [0.2, 0.25) is 0 Å². The van der Waals surface area contributed by atoms with Gasteiger partial charge in [-0.25, -0.2) is 9.97 Å². The molecule has 0 saturated carbocycles. The van der Waals surface area contributed by atoms with Crippen LogP contribution in [0.5, 0.6) is 0 Å². The Balaban J connectivity index is 2.02. The fourth-order valence-electron chi connectivity index (χ4n) is 2.52. The summed E-state index contributed by atoms with van der Waals surface area (Å²) < 4.78 is 0. The molecule has 1 saturated heterocycles. The number of carbonyl (C=O) groups is 2. The van der Waals surface area contributed by atoms with Crippen molar-refractivity contribution in [2.45, 2.75) is 44.7 Å². The second kappa shape index (κ2) is 7.01. The van der Waals surface area contributed by atoms with E-state index in [0.717, 1.165) is 19.4 Å². The van der Waals surface area contributed by atoms with Gasteiger partial charge in [-0.2, -0.15) is 0 Å². The van der Waals surface area contributed by atoms with Crippen LogP contribution in [-0.4, -0.2) is 45.6 Å². The van der Waals surface area contributed by atoms with Crippen molar-refractivity contribution in [3.63, 3.8) is 0 Å². The molecule has 0 aromatic carbocycles. The number of rotatable bonds is 6. The van der Waals surface area contributed by atoms with Crippen molar-refractivity contribution in [2.24, 2.45) is 0 Å². The Morgan fingerprint density at radius 3 is 2.81 bits per heavy atom. The maximum atomic E-state index is 12.4. The highest BCUT2D eigenvalue weighted by Gasteiger charge is 2.33. The highest BCUT2D eigenvalue weighted by molar-refractivity contribution is 5.86. The lowest BCUT2D eigenvalue weighted by atomic mass is 10.1. The van der Waals surface area contributed by atoms with Crippen LogP contribution in [0.3, 0.4) is 0 Å². The van der Waals surface area contributed by atoms with Crippen LogP contribution >= 0.6 is 0 Å². The number of anilines is 1. The molecule has 21 heavy (non-hydrogen) atoms. The van der Waals surface area contributed by atoms with E-state index in [2.05, 4.69) is 15.3 Å². The van der Waals surface area contributed by atoms with E-state index in [4.69, 9.17) is 5.11 Å². The van der Waals surface area contributed by atoms with Gasteiger partial charge in [-0.1, -0.05) is 6.92 Å². The number of amides is 1. The van der Waals surface area contributed by atoms with Crippen LogP contribution in [0, 0.1) is 0 Å². The topological polar surface area (TPSA) is 95.4 Å². The Morgan fingerprint density at radius 1 is 1.48 bits per heavy atom. The van der Waals surface area contributed by atoms with Crippen molar-refractivity contribution in [3.05, 3.63) is 18.5 Å². The number of carboxylic acid groups (broad SMARTS) is 1. The second-order valence-corrected chi connectivity index (χ2v) is 5.11. The minimum absolute atomic E-state index is 0.0587. The summed E-state index contributed by atoms with van der Waals surface area (Å²) in [6.07, 6.45) is 5.45. The van der Waals surface area contributed by atoms with E-state index in [9.17, 15) is 9.59 Å². The predicted octanol–water partition coefficient (Wildman–Crippen LogP) is 0.815. The number of nitrogens with one attached hydrogen (secondary N) is 1. The van der Waals surface area contributed by atoms with Gasteiger partial charge in [0.2, 0.25) is 11.9 Å². The Morgan fingerprint density at radius 2 is 2.19 bits per heavy atom. The smallest absolute Gasteiger partial charge is 0.305 e. The van der Waals surface area contributed by atoms with Gasteiger partial charge in [0.1, 0.15) is 6.04 Å². The second-order valence-electron chi connectivity index (χ2n) is 5.11. The molecule has 7 heteroatoms. The average molecular weight is 292 g/mol. The Bertz CT molecular complexity index is 494. The van der Waals surface area contributed by atoms with Gasteiger partial charge in [0.25, 0.3) is 0 Å². The van der Waals surface area contributed by atoms with Crippen LogP contribution < -0.4 is 10.2 Å². The summed E-state index contributed by atoms with van der Waals surface area (Å²) in [7, 11) is 0. The average Bonchev–Trinajstić information content (AvgIpc) is 2.96. The van der Waals surface area contributed by atoms with E-state index in [1.165, 1.54) is 0 Å². The van der Waals surface area contributed by atoms with Crippen molar-refractivity contribution in [2.75, 3.05) is 11.4 Å². The molecule has 1 aliphatic rings. The molecule has 0 radical (unpaired) electrons. The van der Waals surface area contributed by atoms with E-state index in [1.54, 1.807) is 18.5 Å². The lowest BCUT2D eigenvalue weighted by Crippen LogP contribution is -2.47. The maximum absolute atomic E-state index is 12.4. The van der Waals surface area contributed by atoms with Crippen LogP contribution in [0.4, 0.5) is 5.95 Å². The van der Waals surface area contributed by atoms with Crippen LogP contribution in [0.25, 0.3) is 0 Å². The SMILES string of the molecule is CCC(CC(=O)O)NC(=O)C1CCCN1c1ncccn1. The van der Waals surface area contributed by atoms with E-state index in [-0.39, 0.29) is 24.4 Å². The molecule has 7 nitrogen and oxygen atoms in total. The highest BCUT2D eigenvalue weighted by atomic mass is 16.4. The summed E-state index contributed by atoms with van der Waals surface area (Å²) in [5.74, 6) is -0.508. The fourth-order valence-corrected chi connectivity index (χ4v) is 2.52. The Kier molecular flexibility index (Phi) is 5.08. The highest BCUT2D eigenvalue weighted by Crippen LogP contribution is 2.22. The molecule has 1 aliphatic heterocycles. The van der Waals surface area contributed by atoms with Gasteiger partial charge >= 0.3 is 5.97 Å². The third kappa shape index (κ3) is 3.90. The standard InChI is InChI=1S/C14H20N4O3/c1-2-10(9-12(19)20)17-13(21)11-5-3-8-18(11)14-15-6-4-7-16-14/h4,6-7,10-11H,2-3,5,8-9H2,1H3,(H,17,21)(H,19,20). The first kappa shape index (κ1) is 15.2. The van der Waals surface area contributed by atoms with E-state index in [0.29, 0.717) is 12.4 Å². The number of hydrogen-bond acceptors (Lipinski definition) is 5. The fraction of sp³-hybridized carbons (Fsp3) is 0.571. The van der Waals surface area contributed by atoms with Crippen LogP contribution in [0.1, 0.15) is 32.6 Å². The predicted molar refractivity (Wildman–Crippen MR) is 76.9 cm³/mol. The summed E-state index contributed by atoms with van der Waals surface area (Å²) in [5.41, 5.74) is 0. The zero-order valence-electron chi connectivity index (χ0n) is 12.0. The molecule has 1 fully saturated rings. The third-order valence-electron chi connectivity index (χ3n) is 3.62. The molecule has 0 bridgehead atoms. The zero-order valence-corrected chi connectivity index (χ0v) is 12.0.